The molecule has 0 fully saturated rings. The molecule has 0 aliphatic heterocycles. The molecule has 0 bridgehead atoms. The summed E-state index contributed by atoms with van der Waals surface area (Å²) >= 11 is 0. The zero-order valence-corrected chi connectivity index (χ0v) is 23.9. The molecule has 202 valence electrons. The highest BCUT2D eigenvalue weighted by molar-refractivity contribution is 6.01. The lowest BCUT2D eigenvalue weighted by atomic mass is 9.81. The van der Waals surface area contributed by atoms with Crippen LogP contribution in [0.1, 0.15) is 37.8 Å². The third kappa shape index (κ3) is 3.83. The van der Waals surface area contributed by atoms with Crippen LogP contribution in [0.5, 0.6) is 11.5 Å². The molecule has 0 unspecified atom stereocenters. The van der Waals surface area contributed by atoms with Crippen LogP contribution < -0.4 is 15.2 Å². The summed E-state index contributed by atoms with van der Waals surface area (Å²) < 4.78 is 6.74. The van der Waals surface area contributed by atoms with E-state index in [0.717, 1.165) is 35.1 Å². The molecule has 0 atom stereocenters. The highest BCUT2D eigenvalue weighted by atomic mass is 16.5. The van der Waals surface area contributed by atoms with Crippen LogP contribution in [-0.2, 0) is 5.41 Å². The van der Waals surface area contributed by atoms with Gasteiger partial charge in [0.25, 0.3) is 0 Å². The van der Waals surface area contributed by atoms with Crippen molar-refractivity contribution in [2.45, 2.75) is 32.1 Å². The molecule has 1 heterocycles. The number of fused-ring (bicyclic) bond motifs is 5. The van der Waals surface area contributed by atoms with Gasteiger partial charge in [-0.15, -0.1) is 0 Å². The maximum atomic E-state index is 6.74. The van der Waals surface area contributed by atoms with E-state index in [4.69, 9.17) is 4.74 Å². The number of ether oxygens (including phenoxy) is 1. The first kappa shape index (κ1) is 24.8. The first-order valence-corrected chi connectivity index (χ1v) is 14.8. The van der Waals surface area contributed by atoms with E-state index in [-0.39, 0.29) is 5.41 Å². The maximum Gasteiger partial charge on any atom is 0.142 e. The van der Waals surface area contributed by atoms with Crippen molar-refractivity contribution in [2.75, 3.05) is 0 Å². The van der Waals surface area contributed by atoms with Crippen molar-refractivity contribution < 1.29 is 4.74 Å². The molecule has 6 aromatic rings. The minimum absolute atomic E-state index is 0.0547. The van der Waals surface area contributed by atoms with Gasteiger partial charge >= 0.3 is 0 Å². The SMILES string of the molecule is CC1(C)c2ccccc2-c2ccc(-c3c4c(c(Oc5ccc(-c6ccccc6)cc5)c5ccncc35)=CCCC=4)cc21. The molecule has 1 aromatic heterocycles. The Morgan fingerprint density at radius 2 is 1.31 bits per heavy atom. The molecule has 2 nitrogen and oxygen atoms in total. The molecule has 5 aromatic carbocycles. The second-order valence-electron chi connectivity index (χ2n) is 11.9. The van der Waals surface area contributed by atoms with Gasteiger partial charge in [-0.1, -0.05) is 105 Å². The van der Waals surface area contributed by atoms with Crippen molar-refractivity contribution in [3.05, 3.63) is 137 Å². The molecule has 0 spiro atoms. The topological polar surface area (TPSA) is 22.1 Å². The Labute approximate surface area is 246 Å². The summed E-state index contributed by atoms with van der Waals surface area (Å²) in [5, 5.41) is 4.61. The second-order valence-corrected chi connectivity index (χ2v) is 11.9. The van der Waals surface area contributed by atoms with Crippen LogP contribution in [0.2, 0.25) is 0 Å². The van der Waals surface area contributed by atoms with Crippen LogP contribution in [0.15, 0.2) is 116 Å². The molecule has 42 heavy (non-hydrogen) atoms. The summed E-state index contributed by atoms with van der Waals surface area (Å²) in [6.07, 6.45) is 10.6. The van der Waals surface area contributed by atoms with Gasteiger partial charge in [0.1, 0.15) is 11.5 Å². The van der Waals surface area contributed by atoms with E-state index in [9.17, 15) is 0 Å². The maximum absolute atomic E-state index is 6.74. The normalized spacial score (nSPS) is 14.3. The number of benzene rings is 5. The Balaban J connectivity index is 1.29. The summed E-state index contributed by atoms with van der Waals surface area (Å²) in [4.78, 5) is 4.60. The Kier molecular flexibility index (Phi) is 5.65. The van der Waals surface area contributed by atoms with Gasteiger partial charge in [0.05, 0.1) is 0 Å². The Morgan fingerprint density at radius 1 is 0.619 bits per heavy atom. The molecule has 0 saturated carbocycles. The van der Waals surface area contributed by atoms with Crippen LogP contribution in [0.25, 0.3) is 56.3 Å². The van der Waals surface area contributed by atoms with Gasteiger partial charge in [-0.2, -0.15) is 0 Å². The summed E-state index contributed by atoms with van der Waals surface area (Å²) in [5.41, 5.74) is 10.3. The number of hydrogen-bond acceptors (Lipinski definition) is 2. The van der Waals surface area contributed by atoms with Gasteiger partial charge in [-0.3, -0.25) is 4.98 Å². The highest BCUT2D eigenvalue weighted by Gasteiger charge is 2.35. The fraction of sp³-hybridized carbons (Fsp3) is 0.125. The summed E-state index contributed by atoms with van der Waals surface area (Å²) in [6.45, 7) is 4.69. The first-order chi connectivity index (χ1) is 20.6. The van der Waals surface area contributed by atoms with Gasteiger partial charge in [-0.25, -0.2) is 0 Å². The van der Waals surface area contributed by atoms with Gasteiger partial charge in [0.15, 0.2) is 0 Å². The average Bonchev–Trinajstić information content (AvgIpc) is 3.27. The summed E-state index contributed by atoms with van der Waals surface area (Å²) in [6, 6.07) is 36.8. The van der Waals surface area contributed by atoms with Crippen molar-refractivity contribution in [1.29, 1.82) is 0 Å². The minimum Gasteiger partial charge on any atom is -0.456 e. The van der Waals surface area contributed by atoms with E-state index in [1.165, 1.54) is 54.9 Å². The zero-order chi connectivity index (χ0) is 28.3. The van der Waals surface area contributed by atoms with Gasteiger partial charge < -0.3 is 4.74 Å². The Morgan fingerprint density at radius 3 is 2.14 bits per heavy atom. The predicted octanol–water partition coefficient (Wildman–Crippen LogP) is 9.02. The number of aromatic nitrogens is 1. The monoisotopic (exact) mass is 541 g/mol. The quantitative estimate of drug-likeness (QED) is 0.222. The molecular weight excluding hydrogens is 510 g/mol. The van der Waals surface area contributed by atoms with E-state index in [2.05, 4.69) is 128 Å². The van der Waals surface area contributed by atoms with Crippen LogP contribution in [0.4, 0.5) is 0 Å². The number of nitrogens with zero attached hydrogens (tertiary/aromatic N) is 1. The third-order valence-corrected chi connectivity index (χ3v) is 9.06. The fourth-order valence-corrected chi connectivity index (χ4v) is 6.95. The number of hydrogen-bond donors (Lipinski definition) is 0. The lowest BCUT2D eigenvalue weighted by molar-refractivity contribution is 0.483. The average molecular weight is 542 g/mol. The Bertz CT molecular complexity index is 2120. The lowest BCUT2D eigenvalue weighted by Gasteiger charge is -2.23. The van der Waals surface area contributed by atoms with Crippen LogP contribution in [0.3, 0.4) is 0 Å². The van der Waals surface area contributed by atoms with E-state index in [0.29, 0.717) is 0 Å². The van der Waals surface area contributed by atoms with E-state index in [1.54, 1.807) is 0 Å². The Hall–Kier alpha value is -4.95. The molecule has 0 radical (unpaired) electrons. The smallest absolute Gasteiger partial charge is 0.142 e. The number of pyridine rings is 1. The third-order valence-electron chi connectivity index (χ3n) is 9.06. The summed E-state index contributed by atoms with van der Waals surface area (Å²) in [5.74, 6) is 1.74. The molecule has 0 N–H and O–H groups in total. The van der Waals surface area contributed by atoms with Crippen molar-refractivity contribution in [2.24, 2.45) is 0 Å². The number of rotatable bonds is 4. The first-order valence-electron chi connectivity index (χ1n) is 14.8. The zero-order valence-electron chi connectivity index (χ0n) is 23.9. The molecular formula is C40H31NO. The van der Waals surface area contributed by atoms with Gasteiger partial charge in [0, 0.05) is 33.8 Å². The minimum atomic E-state index is -0.0547. The second kappa shape index (κ2) is 9.56. The van der Waals surface area contributed by atoms with Crippen LogP contribution >= 0.6 is 0 Å². The lowest BCUT2D eigenvalue weighted by Crippen LogP contribution is -2.31. The van der Waals surface area contributed by atoms with E-state index < -0.39 is 0 Å². The van der Waals surface area contributed by atoms with Crippen molar-refractivity contribution in [3.8, 4) is 44.9 Å². The highest BCUT2D eigenvalue weighted by Crippen LogP contribution is 2.49. The fourth-order valence-electron chi connectivity index (χ4n) is 6.95. The van der Waals surface area contributed by atoms with Crippen LogP contribution in [0, 0.1) is 0 Å². The predicted molar refractivity (Wildman–Crippen MR) is 174 cm³/mol. The molecule has 2 heteroatoms. The largest absolute Gasteiger partial charge is 0.456 e. The standard InChI is InChI=1S/C40H31NO/c1-40(2)36-15-9-8-12-30(36)31-21-18-28(24-37(31)40)38-32-13-6-7-14-33(32)39(34-22-23-41-25-35(34)38)42-29-19-16-27(17-20-29)26-10-4-3-5-11-26/h3-5,8-25H,6-7H2,1-2H3. The van der Waals surface area contributed by atoms with Crippen molar-refractivity contribution in [1.82, 2.24) is 4.98 Å². The molecule has 2 aliphatic rings. The molecule has 8 rings (SSSR count). The molecule has 0 amide bonds. The van der Waals surface area contributed by atoms with Gasteiger partial charge in [0.2, 0.25) is 0 Å². The van der Waals surface area contributed by atoms with Crippen molar-refractivity contribution >= 4 is 22.9 Å². The van der Waals surface area contributed by atoms with E-state index in [1.807, 2.05) is 18.5 Å². The van der Waals surface area contributed by atoms with Crippen LogP contribution in [-0.4, -0.2) is 4.98 Å². The summed E-state index contributed by atoms with van der Waals surface area (Å²) in [7, 11) is 0. The molecule has 0 saturated heterocycles. The van der Waals surface area contributed by atoms with Crippen molar-refractivity contribution in [3.63, 3.8) is 0 Å². The van der Waals surface area contributed by atoms with Gasteiger partial charge in [-0.05, 0) is 86.8 Å². The molecule has 2 aliphatic carbocycles. The van der Waals surface area contributed by atoms with E-state index >= 15 is 0 Å².